The summed E-state index contributed by atoms with van der Waals surface area (Å²) in [4.78, 5) is 0. The van der Waals surface area contributed by atoms with E-state index in [0.717, 1.165) is 45.1 Å². The monoisotopic (exact) mass is 277 g/mol. The van der Waals surface area contributed by atoms with Gasteiger partial charge in [0.05, 0.1) is 5.25 Å². The number of hydrogen-bond acceptors (Lipinski definition) is 4. The lowest BCUT2D eigenvalue weighted by Crippen LogP contribution is -2.32. The minimum Gasteiger partial charge on any atom is -0.384 e. The number of hydrogen-bond donors (Lipinski definition) is 1. The number of methoxy groups -OCH3 is 1. The highest BCUT2D eigenvalue weighted by atomic mass is 32.2. The van der Waals surface area contributed by atoms with Gasteiger partial charge in [-0.2, -0.15) is 0 Å². The van der Waals surface area contributed by atoms with Crippen LogP contribution in [0.3, 0.4) is 0 Å². The van der Waals surface area contributed by atoms with Crippen molar-refractivity contribution in [1.29, 1.82) is 0 Å². The summed E-state index contributed by atoms with van der Waals surface area (Å²) in [5, 5.41) is -0.145. The average molecular weight is 277 g/mol. The molecule has 0 aromatic carbocycles. The zero-order valence-electron chi connectivity index (χ0n) is 11.6. The molecule has 0 aromatic rings. The normalized spacial score (nSPS) is 27.1. The van der Waals surface area contributed by atoms with Gasteiger partial charge in [-0.3, -0.25) is 0 Å². The predicted molar refractivity (Wildman–Crippen MR) is 74.2 cm³/mol. The van der Waals surface area contributed by atoms with E-state index < -0.39 is 9.84 Å². The number of nitrogens with two attached hydrogens (primary N) is 1. The maximum Gasteiger partial charge on any atom is 0.150 e. The zero-order chi connectivity index (χ0) is 13.6. The Balaban J connectivity index is 2.61. The SMILES string of the molecule is COCC(CCCN)C1CCCC(S(C)(=O)=O)C1. The lowest BCUT2D eigenvalue weighted by atomic mass is 9.78. The van der Waals surface area contributed by atoms with Gasteiger partial charge in [0.2, 0.25) is 0 Å². The first-order valence-corrected chi connectivity index (χ1v) is 8.82. The molecular weight excluding hydrogens is 250 g/mol. The van der Waals surface area contributed by atoms with Crippen LogP contribution in [0.25, 0.3) is 0 Å². The van der Waals surface area contributed by atoms with Gasteiger partial charge < -0.3 is 10.5 Å². The summed E-state index contributed by atoms with van der Waals surface area (Å²) in [5.74, 6) is 0.938. The van der Waals surface area contributed by atoms with Crippen LogP contribution in [-0.4, -0.2) is 40.2 Å². The first-order valence-electron chi connectivity index (χ1n) is 6.87. The molecule has 3 atom stereocenters. The van der Waals surface area contributed by atoms with E-state index in [1.165, 1.54) is 6.26 Å². The molecule has 108 valence electrons. The van der Waals surface area contributed by atoms with Crippen molar-refractivity contribution in [2.75, 3.05) is 26.5 Å². The molecule has 0 spiro atoms. The van der Waals surface area contributed by atoms with Crippen molar-refractivity contribution >= 4 is 9.84 Å². The third-order valence-corrected chi connectivity index (χ3v) is 5.74. The number of rotatable bonds is 7. The molecule has 1 aliphatic rings. The van der Waals surface area contributed by atoms with E-state index in [9.17, 15) is 8.42 Å². The van der Waals surface area contributed by atoms with Gasteiger partial charge >= 0.3 is 0 Å². The number of ether oxygens (including phenoxy) is 1. The Labute approximate surface area is 111 Å². The van der Waals surface area contributed by atoms with Crippen molar-refractivity contribution in [3.63, 3.8) is 0 Å². The van der Waals surface area contributed by atoms with Crippen molar-refractivity contribution in [2.24, 2.45) is 17.6 Å². The Hall–Kier alpha value is -0.130. The Morgan fingerprint density at radius 3 is 2.67 bits per heavy atom. The highest BCUT2D eigenvalue weighted by Gasteiger charge is 2.32. The Kier molecular flexibility index (Phi) is 6.60. The van der Waals surface area contributed by atoms with Crippen LogP contribution >= 0.6 is 0 Å². The molecule has 1 rings (SSSR count). The van der Waals surface area contributed by atoms with Crippen molar-refractivity contribution in [2.45, 2.75) is 43.8 Å². The van der Waals surface area contributed by atoms with Gasteiger partial charge in [-0.25, -0.2) is 8.42 Å². The van der Waals surface area contributed by atoms with Crippen molar-refractivity contribution in [1.82, 2.24) is 0 Å². The zero-order valence-corrected chi connectivity index (χ0v) is 12.4. The molecule has 0 saturated heterocycles. The highest BCUT2D eigenvalue weighted by molar-refractivity contribution is 7.91. The summed E-state index contributed by atoms with van der Waals surface area (Å²) in [6.07, 6.45) is 7.18. The summed E-state index contributed by atoms with van der Waals surface area (Å²) in [7, 11) is -1.18. The molecule has 0 amide bonds. The Morgan fingerprint density at radius 2 is 2.11 bits per heavy atom. The van der Waals surface area contributed by atoms with Crippen LogP contribution in [0, 0.1) is 11.8 Å². The van der Waals surface area contributed by atoms with Gasteiger partial charge in [0.15, 0.2) is 0 Å². The average Bonchev–Trinajstić information content (AvgIpc) is 2.33. The van der Waals surface area contributed by atoms with Gasteiger partial charge in [-0.05, 0) is 44.1 Å². The maximum absolute atomic E-state index is 11.7. The second kappa shape index (κ2) is 7.46. The molecule has 0 aliphatic heterocycles. The maximum atomic E-state index is 11.7. The van der Waals surface area contributed by atoms with Gasteiger partial charge in [0.25, 0.3) is 0 Å². The molecule has 1 aliphatic carbocycles. The topological polar surface area (TPSA) is 69.4 Å². The summed E-state index contributed by atoms with van der Waals surface area (Å²) < 4.78 is 28.6. The van der Waals surface area contributed by atoms with Crippen LogP contribution in [0.4, 0.5) is 0 Å². The second-order valence-electron chi connectivity index (χ2n) is 5.52. The van der Waals surface area contributed by atoms with E-state index >= 15 is 0 Å². The third kappa shape index (κ3) is 4.86. The summed E-state index contributed by atoms with van der Waals surface area (Å²) in [6, 6.07) is 0. The van der Waals surface area contributed by atoms with Crippen LogP contribution < -0.4 is 5.73 Å². The van der Waals surface area contributed by atoms with E-state index in [0.29, 0.717) is 18.4 Å². The molecule has 0 aromatic heterocycles. The summed E-state index contributed by atoms with van der Waals surface area (Å²) >= 11 is 0. The molecule has 5 heteroatoms. The standard InChI is InChI=1S/C13H27NO3S/c1-17-10-12(6-4-8-14)11-5-3-7-13(9-11)18(2,15)16/h11-13H,3-10,14H2,1-2H3. The van der Waals surface area contributed by atoms with E-state index in [1.54, 1.807) is 7.11 Å². The van der Waals surface area contributed by atoms with Crippen LogP contribution in [0.5, 0.6) is 0 Å². The Morgan fingerprint density at radius 1 is 1.39 bits per heavy atom. The fourth-order valence-corrected chi connectivity index (χ4v) is 4.24. The Bertz CT molecular complexity index is 329. The highest BCUT2D eigenvalue weighted by Crippen LogP contribution is 2.35. The molecule has 0 bridgehead atoms. The van der Waals surface area contributed by atoms with Crippen LogP contribution in [-0.2, 0) is 14.6 Å². The first-order chi connectivity index (χ1) is 8.49. The molecule has 0 radical (unpaired) electrons. The summed E-state index contributed by atoms with van der Waals surface area (Å²) in [5.41, 5.74) is 5.56. The van der Waals surface area contributed by atoms with Crippen LogP contribution in [0.1, 0.15) is 38.5 Å². The molecule has 3 unspecified atom stereocenters. The molecule has 1 fully saturated rings. The molecule has 0 heterocycles. The second-order valence-corrected chi connectivity index (χ2v) is 7.85. The van der Waals surface area contributed by atoms with Crippen LogP contribution in [0.2, 0.25) is 0 Å². The van der Waals surface area contributed by atoms with Crippen LogP contribution in [0.15, 0.2) is 0 Å². The predicted octanol–water partition coefficient (Wildman–Crippen LogP) is 1.59. The van der Waals surface area contributed by atoms with E-state index in [2.05, 4.69) is 0 Å². The van der Waals surface area contributed by atoms with Gasteiger partial charge in [-0.15, -0.1) is 0 Å². The fourth-order valence-electron chi connectivity index (χ4n) is 3.05. The van der Waals surface area contributed by atoms with Gasteiger partial charge in [0.1, 0.15) is 9.84 Å². The minimum atomic E-state index is -2.89. The van der Waals surface area contributed by atoms with E-state index in [4.69, 9.17) is 10.5 Å². The molecule has 18 heavy (non-hydrogen) atoms. The summed E-state index contributed by atoms with van der Waals surface area (Å²) in [6.45, 7) is 1.42. The van der Waals surface area contributed by atoms with Gasteiger partial charge in [0, 0.05) is 20.0 Å². The smallest absolute Gasteiger partial charge is 0.150 e. The molecular formula is C13H27NO3S. The lowest BCUT2D eigenvalue weighted by molar-refractivity contribution is 0.0984. The molecule has 4 nitrogen and oxygen atoms in total. The number of sulfone groups is 1. The lowest BCUT2D eigenvalue weighted by Gasteiger charge is -2.33. The van der Waals surface area contributed by atoms with Crippen molar-refractivity contribution in [3.05, 3.63) is 0 Å². The molecule has 1 saturated carbocycles. The first kappa shape index (κ1) is 15.9. The van der Waals surface area contributed by atoms with Crippen molar-refractivity contribution in [3.8, 4) is 0 Å². The third-order valence-electron chi connectivity index (χ3n) is 4.10. The van der Waals surface area contributed by atoms with Crippen molar-refractivity contribution < 1.29 is 13.2 Å². The largest absolute Gasteiger partial charge is 0.384 e. The van der Waals surface area contributed by atoms with Gasteiger partial charge in [-0.1, -0.05) is 12.8 Å². The van der Waals surface area contributed by atoms with E-state index in [-0.39, 0.29) is 5.25 Å². The quantitative estimate of drug-likeness (QED) is 0.767. The minimum absolute atomic E-state index is 0.145. The van der Waals surface area contributed by atoms with E-state index in [1.807, 2.05) is 0 Å². The fraction of sp³-hybridized carbons (Fsp3) is 1.00. The molecule has 2 N–H and O–H groups in total.